The Bertz CT molecular complexity index is 923. The van der Waals surface area contributed by atoms with E-state index in [-0.39, 0.29) is 11.6 Å². The van der Waals surface area contributed by atoms with Crippen molar-refractivity contribution in [2.24, 2.45) is 0 Å². The minimum absolute atomic E-state index is 0.302. The van der Waals surface area contributed by atoms with E-state index < -0.39 is 0 Å². The smallest absolute Gasteiger partial charge is 0.321 e. The maximum atomic E-state index is 12.5. The zero-order valence-corrected chi connectivity index (χ0v) is 13.7. The van der Waals surface area contributed by atoms with Crippen molar-refractivity contribution >= 4 is 11.6 Å². The van der Waals surface area contributed by atoms with E-state index in [1.165, 1.54) is 10.8 Å². The molecule has 1 aromatic heterocycles. The van der Waals surface area contributed by atoms with Gasteiger partial charge in [-0.1, -0.05) is 36.4 Å². The van der Waals surface area contributed by atoms with Crippen LogP contribution in [0.15, 0.2) is 59.5 Å². The van der Waals surface area contributed by atoms with E-state index in [4.69, 9.17) is 0 Å². The van der Waals surface area contributed by atoms with Crippen molar-refractivity contribution in [3.63, 3.8) is 0 Å². The number of rotatable bonds is 4. The largest absolute Gasteiger partial charge is 0.326 e. The number of nitrogens with one attached hydrogen (secondary N) is 2. The van der Waals surface area contributed by atoms with Gasteiger partial charge in [0.2, 0.25) is 0 Å². The van der Waals surface area contributed by atoms with E-state index in [0.29, 0.717) is 17.9 Å². The molecule has 0 fully saturated rings. The summed E-state index contributed by atoms with van der Waals surface area (Å²) in [5.41, 5.74) is 3.94. The summed E-state index contributed by atoms with van der Waals surface area (Å²) in [5, 5.41) is 2.85. The summed E-state index contributed by atoms with van der Waals surface area (Å²) in [4.78, 5) is 27.2. The average molecular weight is 321 g/mol. The number of hydrogen-bond donors (Lipinski definition) is 2. The first kappa shape index (κ1) is 15.8. The van der Waals surface area contributed by atoms with Crippen LogP contribution >= 0.6 is 0 Å². The topological polar surface area (TPSA) is 66.9 Å². The van der Waals surface area contributed by atoms with Gasteiger partial charge in [0, 0.05) is 11.9 Å². The van der Waals surface area contributed by atoms with E-state index >= 15 is 0 Å². The summed E-state index contributed by atoms with van der Waals surface area (Å²) in [6.45, 7) is 4.36. The van der Waals surface area contributed by atoms with Crippen LogP contribution in [0.25, 0.3) is 0 Å². The highest BCUT2D eigenvalue weighted by atomic mass is 16.2. The Kier molecular flexibility index (Phi) is 4.33. The van der Waals surface area contributed by atoms with Crippen molar-refractivity contribution in [2.75, 3.05) is 5.32 Å². The number of imidazole rings is 1. The van der Waals surface area contributed by atoms with Gasteiger partial charge >= 0.3 is 5.69 Å². The molecule has 3 rings (SSSR count). The first-order chi connectivity index (χ1) is 11.5. The first-order valence-corrected chi connectivity index (χ1v) is 7.75. The summed E-state index contributed by atoms with van der Waals surface area (Å²) >= 11 is 0. The lowest BCUT2D eigenvalue weighted by Crippen LogP contribution is -2.24. The third-order valence-electron chi connectivity index (χ3n) is 4.05. The van der Waals surface area contributed by atoms with Crippen molar-refractivity contribution in [1.29, 1.82) is 0 Å². The minimum Gasteiger partial charge on any atom is -0.321 e. The number of hydrogen-bond acceptors (Lipinski definition) is 2. The zero-order valence-electron chi connectivity index (χ0n) is 13.7. The molecule has 122 valence electrons. The fourth-order valence-corrected chi connectivity index (χ4v) is 2.52. The molecule has 1 amide bonds. The maximum absolute atomic E-state index is 12.5. The van der Waals surface area contributed by atoms with Crippen LogP contribution in [0.1, 0.15) is 27.2 Å². The van der Waals surface area contributed by atoms with Crippen molar-refractivity contribution in [1.82, 2.24) is 9.55 Å². The number of carbonyl (C=O) groups excluding carboxylic acids is 1. The number of aromatic amines is 1. The number of aromatic nitrogens is 2. The molecule has 0 radical (unpaired) electrons. The Balaban J connectivity index is 1.85. The summed E-state index contributed by atoms with van der Waals surface area (Å²) in [7, 11) is 0. The number of benzene rings is 2. The second kappa shape index (κ2) is 6.58. The summed E-state index contributed by atoms with van der Waals surface area (Å²) in [6, 6.07) is 15.3. The van der Waals surface area contributed by atoms with E-state index in [9.17, 15) is 9.59 Å². The van der Waals surface area contributed by atoms with Crippen molar-refractivity contribution in [3.05, 3.63) is 87.6 Å². The first-order valence-electron chi connectivity index (χ1n) is 7.75. The SMILES string of the molecule is Cc1ccc(NC(=O)c2c[nH]c(=O)n2Cc2ccccc2)cc1C. The predicted octanol–water partition coefficient (Wildman–Crippen LogP) is 3.09. The number of amides is 1. The molecule has 3 aromatic rings. The molecule has 0 aliphatic heterocycles. The van der Waals surface area contributed by atoms with Gasteiger partial charge in [0.1, 0.15) is 5.69 Å². The molecule has 0 aliphatic carbocycles. The number of H-pyrrole nitrogens is 1. The second-order valence-corrected chi connectivity index (χ2v) is 5.80. The molecule has 0 spiro atoms. The molecule has 5 heteroatoms. The summed E-state index contributed by atoms with van der Waals surface area (Å²) < 4.78 is 1.44. The van der Waals surface area contributed by atoms with Gasteiger partial charge in [-0.2, -0.15) is 0 Å². The highest BCUT2D eigenvalue weighted by Gasteiger charge is 2.15. The van der Waals surface area contributed by atoms with Gasteiger partial charge in [-0.3, -0.25) is 9.36 Å². The Morgan fingerprint density at radius 2 is 1.83 bits per heavy atom. The quantitative estimate of drug-likeness (QED) is 0.775. The number of carbonyl (C=O) groups is 1. The average Bonchev–Trinajstić information content (AvgIpc) is 2.93. The van der Waals surface area contributed by atoms with Gasteiger partial charge in [-0.25, -0.2) is 4.79 Å². The van der Waals surface area contributed by atoms with Crippen LogP contribution in [0.3, 0.4) is 0 Å². The molecule has 0 atom stereocenters. The van der Waals surface area contributed by atoms with E-state index in [1.54, 1.807) is 0 Å². The van der Waals surface area contributed by atoms with E-state index in [2.05, 4.69) is 10.3 Å². The molecule has 1 heterocycles. The summed E-state index contributed by atoms with van der Waals surface area (Å²) in [6.07, 6.45) is 1.45. The monoisotopic (exact) mass is 321 g/mol. The van der Waals surface area contributed by atoms with Gasteiger partial charge in [-0.05, 0) is 42.7 Å². The molecule has 0 unspecified atom stereocenters. The van der Waals surface area contributed by atoms with Gasteiger partial charge in [0.25, 0.3) is 5.91 Å². The predicted molar refractivity (Wildman–Crippen MR) is 94.5 cm³/mol. The molecular formula is C19H19N3O2. The number of nitrogens with zero attached hydrogens (tertiary/aromatic N) is 1. The molecule has 24 heavy (non-hydrogen) atoms. The highest BCUT2D eigenvalue weighted by Crippen LogP contribution is 2.15. The summed E-state index contributed by atoms with van der Waals surface area (Å²) in [5.74, 6) is -0.312. The van der Waals surface area contributed by atoms with Crippen LogP contribution in [-0.4, -0.2) is 15.5 Å². The van der Waals surface area contributed by atoms with Crippen LogP contribution in [0, 0.1) is 13.8 Å². The molecular weight excluding hydrogens is 302 g/mol. The van der Waals surface area contributed by atoms with Crippen LogP contribution < -0.4 is 11.0 Å². The maximum Gasteiger partial charge on any atom is 0.326 e. The Morgan fingerprint density at radius 3 is 2.54 bits per heavy atom. The number of aryl methyl sites for hydroxylation is 2. The van der Waals surface area contributed by atoms with Gasteiger partial charge < -0.3 is 10.3 Å². The van der Waals surface area contributed by atoms with Crippen molar-refractivity contribution in [2.45, 2.75) is 20.4 Å². The normalized spacial score (nSPS) is 10.6. The fraction of sp³-hybridized carbons (Fsp3) is 0.158. The molecule has 2 N–H and O–H groups in total. The Labute approximate surface area is 140 Å². The van der Waals surface area contributed by atoms with Crippen LogP contribution in [-0.2, 0) is 6.54 Å². The van der Waals surface area contributed by atoms with Crippen LogP contribution in [0.4, 0.5) is 5.69 Å². The van der Waals surface area contributed by atoms with Gasteiger partial charge in [0.05, 0.1) is 6.54 Å². The third kappa shape index (κ3) is 3.30. The fourth-order valence-electron chi connectivity index (χ4n) is 2.52. The third-order valence-corrected chi connectivity index (χ3v) is 4.05. The molecule has 2 aromatic carbocycles. The van der Waals surface area contributed by atoms with E-state index in [1.807, 2.05) is 62.4 Å². The van der Waals surface area contributed by atoms with E-state index in [0.717, 1.165) is 16.7 Å². The second-order valence-electron chi connectivity index (χ2n) is 5.80. The Hall–Kier alpha value is -3.08. The van der Waals surface area contributed by atoms with Crippen LogP contribution in [0.5, 0.6) is 0 Å². The molecule has 0 saturated carbocycles. The Morgan fingerprint density at radius 1 is 1.08 bits per heavy atom. The molecule has 0 aliphatic rings. The lowest BCUT2D eigenvalue weighted by molar-refractivity contribution is 0.101. The number of anilines is 1. The standard InChI is InChI=1S/C19H19N3O2/c1-13-8-9-16(10-14(13)2)21-18(23)17-11-20-19(24)22(17)12-15-6-4-3-5-7-15/h3-11H,12H2,1-2H3,(H,20,24)(H,21,23). The van der Waals surface area contributed by atoms with Gasteiger partial charge in [-0.15, -0.1) is 0 Å². The zero-order chi connectivity index (χ0) is 17.1. The lowest BCUT2D eigenvalue weighted by atomic mass is 10.1. The lowest BCUT2D eigenvalue weighted by Gasteiger charge is -2.10. The van der Waals surface area contributed by atoms with Crippen molar-refractivity contribution in [3.8, 4) is 0 Å². The molecule has 0 saturated heterocycles. The van der Waals surface area contributed by atoms with Gasteiger partial charge in [0.15, 0.2) is 0 Å². The van der Waals surface area contributed by atoms with Crippen LogP contribution in [0.2, 0.25) is 0 Å². The molecule has 0 bridgehead atoms. The molecule has 5 nitrogen and oxygen atoms in total. The minimum atomic E-state index is -0.312. The highest BCUT2D eigenvalue weighted by molar-refractivity contribution is 6.03. The van der Waals surface area contributed by atoms with Crippen molar-refractivity contribution < 1.29 is 4.79 Å².